The van der Waals surface area contributed by atoms with Gasteiger partial charge in [-0.15, -0.1) is 0 Å². The Labute approximate surface area is 255 Å². The SMILES string of the molecule is Cc1cc(NCCNc2cc(C)[n+](C)c(=S)[nH]2)[nH]c(=S)[n+]1C.O=S(=O)([O-])c1ccccc1.O=S(=O)([O-])c1ccccc1. The van der Waals surface area contributed by atoms with Crippen molar-refractivity contribution in [2.45, 2.75) is 23.6 Å². The van der Waals surface area contributed by atoms with Crippen molar-refractivity contribution < 1.29 is 35.1 Å². The van der Waals surface area contributed by atoms with Crippen molar-refractivity contribution >= 4 is 56.3 Å². The van der Waals surface area contributed by atoms with Gasteiger partial charge in [-0.2, -0.15) is 0 Å². The van der Waals surface area contributed by atoms with Crippen molar-refractivity contribution in [2.75, 3.05) is 23.7 Å². The molecule has 226 valence electrons. The molecule has 0 unspecified atom stereocenters. The molecule has 4 aromatic rings. The first kappa shape index (κ1) is 34.7. The van der Waals surface area contributed by atoms with Gasteiger partial charge in [-0.25, -0.2) is 35.9 Å². The highest BCUT2D eigenvalue weighted by Gasteiger charge is 2.07. The molecule has 0 aliphatic rings. The molecule has 12 nitrogen and oxygen atoms in total. The Kier molecular flexibility index (Phi) is 12.9. The van der Waals surface area contributed by atoms with Crippen molar-refractivity contribution in [3.05, 3.63) is 93.7 Å². The number of nitrogens with zero attached hydrogens (tertiary/aromatic N) is 2. The Bertz CT molecular complexity index is 1680. The zero-order chi connectivity index (χ0) is 31.5. The van der Waals surface area contributed by atoms with Crippen molar-refractivity contribution in [1.29, 1.82) is 0 Å². The van der Waals surface area contributed by atoms with E-state index in [-0.39, 0.29) is 9.79 Å². The van der Waals surface area contributed by atoms with Gasteiger partial charge in [0.05, 0.1) is 23.9 Å². The first-order valence-electron chi connectivity index (χ1n) is 12.3. The molecule has 0 amide bonds. The predicted molar refractivity (Wildman–Crippen MR) is 161 cm³/mol. The van der Waals surface area contributed by atoms with E-state index >= 15 is 0 Å². The fourth-order valence-electron chi connectivity index (χ4n) is 3.16. The van der Waals surface area contributed by atoms with Gasteiger partial charge in [0, 0.05) is 49.7 Å². The molecule has 2 aromatic carbocycles. The fourth-order valence-corrected chi connectivity index (χ4v) is 4.65. The summed E-state index contributed by atoms with van der Waals surface area (Å²) in [5.41, 5.74) is 2.21. The van der Waals surface area contributed by atoms with Gasteiger partial charge in [-0.05, 0) is 38.1 Å². The Morgan fingerprint density at radius 3 is 1.21 bits per heavy atom. The third kappa shape index (κ3) is 11.4. The van der Waals surface area contributed by atoms with Gasteiger partial charge in [0.2, 0.25) is 0 Å². The Morgan fingerprint density at radius 1 is 0.667 bits per heavy atom. The van der Waals surface area contributed by atoms with E-state index < -0.39 is 20.2 Å². The van der Waals surface area contributed by atoms with E-state index in [1.54, 1.807) is 12.1 Å². The summed E-state index contributed by atoms with van der Waals surface area (Å²) in [6, 6.07) is 18.5. The van der Waals surface area contributed by atoms with Gasteiger partial charge in [-0.1, -0.05) is 36.4 Å². The maximum absolute atomic E-state index is 10.3. The van der Waals surface area contributed by atoms with E-state index in [2.05, 4.69) is 20.6 Å². The second-order valence-electron chi connectivity index (χ2n) is 8.77. The molecule has 0 spiro atoms. The van der Waals surface area contributed by atoms with Crippen LogP contribution in [0.2, 0.25) is 0 Å². The number of nitrogens with one attached hydrogen (secondary N) is 4. The van der Waals surface area contributed by atoms with E-state index in [0.29, 0.717) is 9.54 Å². The lowest BCUT2D eigenvalue weighted by Crippen LogP contribution is -2.35. The number of aromatic amines is 2. The molecule has 2 aromatic heterocycles. The summed E-state index contributed by atoms with van der Waals surface area (Å²) >= 11 is 10.5. The number of anilines is 2. The minimum Gasteiger partial charge on any atom is -0.744 e. The van der Waals surface area contributed by atoms with Gasteiger partial charge < -0.3 is 19.7 Å². The van der Waals surface area contributed by atoms with E-state index in [9.17, 15) is 25.9 Å². The number of hydrogen-bond acceptors (Lipinski definition) is 10. The summed E-state index contributed by atoms with van der Waals surface area (Å²) in [6.45, 7) is 5.58. The van der Waals surface area contributed by atoms with Crippen LogP contribution in [0.4, 0.5) is 11.6 Å². The van der Waals surface area contributed by atoms with Crippen molar-refractivity contribution in [3.8, 4) is 0 Å². The molecular weight excluding hydrogens is 621 g/mol. The highest BCUT2D eigenvalue weighted by Crippen LogP contribution is 2.06. The lowest BCUT2D eigenvalue weighted by molar-refractivity contribution is -0.687. The zero-order valence-corrected chi connectivity index (χ0v) is 26.6. The Morgan fingerprint density at radius 2 is 0.976 bits per heavy atom. The van der Waals surface area contributed by atoms with Crippen molar-refractivity contribution in [3.63, 3.8) is 0 Å². The van der Waals surface area contributed by atoms with Crippen LogP contribution < -0.4 is 19.8 Å². The lowest BCUT2D eigenvalue weighted by Gasteiger charge is -2.07. The smallest absolute Gasteiger partial charge is 0.350 e. The van der Waals surface area contributed by atoms with Crippen LogP contribution in [0.15, 0.2) is 82.6 Å². The average molecular weight is 653 g/mol. The number of H-pyrrole nitrogens is 2. The molecule has 2 heterocycles. The molecule has 4 N–H and O–H groups in total. The van der Waals surface area contributed by atoms with Gasteiger partial charge >= 0.3 is 9.54 Å². The summed E-state index contributed by atoms with van der Waals surface area (Å²) in [5, 5.41) is 6.64. The monoisotopic (exact) mass is 652 g/mol. The van der Waals surface area contributed by atoms with E-state index in [0.717, 1.165) is 36.1 Å². The first-order valence-corrected chi connectivity index (χ1v) is 15.9. The van der Waals surface area contributed by atoms with E-state index in [4.69, 9.17) is 24.4 Å². The summed E-state index contributed by atoms with van der Waals surface area (Å²) < 4.78 is 66.9. The molecule has 16 heteroatoms. The summed E-state index contributed by atoms with van der Waals surface area (Å²) in [4.78, 5) is 5.93. The molecule has 0 aliphatic carbocycles. The Balaban J connectivity index is 0.000000254. The average Bonchev–Trinajstić information content (AvgIpc) is 2.93. The van der Waals surface area contributed by atoms with Gasteiger partial charge in [-0.3, -0.25) is 0 Å². The topological polar surface area (TPSA) is 178 Å². The molecule has 0 saturated heterocycles. The molecule has 0 aliphatic heterocycles. The number of aromatic nitrogens is 4. The van der Waals surface area contributed by atoms with Crippen LogP contribution in [0.1, 0.15) is 11.4 Å². The first-order chi connectivity index (χ1) is 19.6. The van der Waals surface area contributed by atoms with Gasteiger partial charge in [0.15, 0.2) is 11.6 Å². The molecule has 0 fully saturated rings. The molecule has 0 bridgehead atoms. The molecule has 0 saturated carbocycles. The highest BCUT2D eigenvalue weighted by atomic mass is 32.2. The molecule has 0 atom stereocenters. The largest absolute Gasteiger partial charge is 0.744 e. The van der Waals surface area contributed by atoms with Crippen LogP contribution in [0, 0.1) is 23.4 Å². The second kappa shape index (κ2) is 15.6. The minimum absolute atomic E-state index is 0.185. The minimum atomic E-state index is -4.25. The van der Waals surface area contributed by atoms with Crippen molar-refractivity contribution in [1.82, 2.24) is 9.97 Å². The Hall–Kier alpha value is -3.54. The fraction of sp³-hybridized carbons (Fsp3) is 0.231. The van der Waals surface area contributed by atoms with Crippen LogP contribution in [-0.2, 0) is 34.3 Å². The maximum Gasteiger partial charge on any atom is 0.350 e. The third-order valence-electron chi connectivity index (χ3n) is 5.68. The number of rotatable bonds is 7. The number of hydrogen-bond donors (Lipinski definition) is 4. The van der Waals surface area contributed by atoms with Crippen LogP contribution >= 0.6 is 24.4 Å². The van der Waals surface area contributed by atoms with E-state index in [1.165, 1.54) is 48.5 Å². The van der Waals surface area contributed by atoms with Crippen LogP contribution in [-0.4, -0.2) is 49.0 Å². The highest BCUT2D eigenvalue weighted by molar-refractivity contribution is 7.86. The molecule has 0 radical (unpaired) electrons. The maximum atomic E-state index is 10.3. The molecule has 42 heavy (non-hydrogen) atoms. The quantitative estimate of drug-likeness (QED) is 0.100. The van der Waals surface area contributed by atoms with Crippen LogP contribution in [0.3, 0.4) is 0 Å². The van der Waals surface area contributed by atoms with Crippen LogP contribution in [0.5, 0.6) is 0 Å². The number of aryl methyl sites for hydroxylation is 2. The molecule has 4 rings (SSSR count). The van der Waals surface area contributed by atoms with Gasteiger partial charge in [0.25, 0.3) is 0 Å². The summed E-state index contributed by atoms with van der Waals surface area (Å²) in [7, 11) is -4.62. The molecular formula is C26H32N6O6S4. The summed E-state index contributed by atoms with van der Waals surface area (Å²) in [5.74, 6) is 1.84. The van der Waals surface area contributed by atoms with Crippen molar-refractivity contribution in [2.24, 2.45) is 14.1 Å². The van der Waals surface area contributed by atoms with E-state index in [1.807, 2.05) is 49.2 Å². The third-order valence-corrected chi connectivity index (χ3v) is 8.13. The predicted octanol–water partition coefficient (Wildman–Crippen LogP) is 2.77. The summed E-state index contributed by atoms with van der Waals surface area (Å²) in [6.07, 6.45) is 0. The van der Waals surface area contributed by atoms with Crippen LogP contribution in [0.25, 0.3) is 0 Å². The number of benzene rings is 2. The van der Waals surface area contributed by atoms with Gasteiger partial charge in [0.1, 0.15) is 31.6 Å². The lowest BCUT2D eigenvalue weighted by atomic mass is 10.4. The normalized spacial score (nSPS) is 10.9. The zero-order valence-electron chi connectivity index (χ0n) is 23.3. The second-order valence-corrected chi connectivity index (χ2v) is 12.3. The standard InChI is InChI=1S/C14H20N6S2.2C6H6O3S/c1-9-7-11(17-13(21)19(9)3)15-5-6-16-12-8-10(2)20(4)14(22)18-12;2*7-10(8,9)6-4-2-1-3-5-6/h7-8H,5-6H2,1-4H3,(H2,15,16,17,18,21,22);2*1-5H,(H,7,8,9).